The summed E-state index contributed by atoms with van der Waals surface area (Å²) in [7, 11) is 4.03. The van der Waals surface area contributed by atoms with Gasteiger partial charge in [-0.15, -0.1) is 11.3 Å². The lowest BCUT2D eigenvalue weighted by molar-refractivity contribution is 0.662. The highest BCUT2D eigenvalue weighted by molar-refractivity contribution is 7.15. The molecule has 96 valence electrons. The van der Waals surface area contributed by atoms with E-state index in [0.717, 1.165) is 11.7 Å². The van der Waals surface area contributed by atoms with Gasteiger partial charge in [0.1, 0.15) is 0 Å². The number of hydrogen-bond donors (Lipinski definition) is 1. The van der Waals surface area contributed by atoms with Gasteiger partial charge in [-0.25, -0.2) is 4.98 Å². The molecule has 1 atom stereocenters. The Morgan fingerprint density at radius 3 is 2.78 bits per heavy atom. The lowest BCUT2D eigenvalue weighted by atomic mass is 10.2. The molecule has 4 nitrogen and oxygen atoms in total. The van der Waals surface area contributed by atoms with Crippen molar-refractivity contribution in [3.05, 3.63) is 41.2 Å². The summed E-state index contributed by atoms with van der Waals surface area (Å²) in [5.74, 6) is 0. The van der Waals surface area contributed by atoms with Crippen molar-refractivity contribution in [1.29, 1.82) is 0 Å². The predicted octanol–water partition coefficient (Wildman–Crippen LogP) is 2.45. The molecule has 1 unspecified atom stereocenters. The van der Waals surface area contributed by atoms with E-state index < -0.39 is 0 Å². The van der Waals surface area contributed by atoms with Gasteiger partial charge in [0.15, 0.2) is 5.13 Å². The summed E-state index contributed by atoms with van der Waals surface area (Å²) in [6.07, 6.45) is 5.59. The van der Waals surface area contributed by atoms with E-state index in [4.69, 9.17) is 0 Å². The van der Waals surface area contributed by atoms with E-state index in [9.17, 15) is 0 Å². The molecule has 5 heteroatoms. The monoisotopic (exact) mass is 262 g/mol. The molecule has 0 saturated carbocycles. The molecule has 0 aromatic carbocycles. The van der Waals surface area contributed by atoms with Crippen molar-refractivity contribution in [2.45, 2.75) is 19.5 Å². The third-order valence-electron chi connectivity index (χ3n) is 2.87. The molecule has 0 radical (unpaired) electrons. The Morgan fingerprint density at radius 1 is 1.39 bits per heavy atom. The molecule has 0 aliphatic carbocycles. The first-order valence-corrected chi connectivity index (χ1v) is 6.75. The van der Waals surface area contributed by atoms with Gasteiger partial charge < -0.3 is 10.2 Å². The average molecular weight is 262 g/mol. The topological polar surface area (TPSA) is 41.1 Å². The Kier molecular flexibility index (Phi) is 4.28. The number of thiazole rings is 1. The normalized spacial score (nSPS) is 12.4. The highest BCUT2D eigenvalue weighted by atomic mass is 32.1. The molecule has 2 rings (SSSR count). The maximum absolute atomic E-state index is 4.47. The molecule has 0 fully saturated rings. The number of nitrogens with zero attached hydrogens (tertiary/aromatic N) is 3. The Balaban J connectivity index is 2.05. The smallest absolute Gasteiger partial charge is 0.185 e. The SMILES string of the molecule is CNC(C)c1cnc(N(C)Cc2ccncc2)s1. The quantitative estimate of drug-likeness (QED) is 0.898. The molecule has 2 aromatic rings. The fourth-order valence-electron chi connectivity index (χ4n) is 1.63. The molecule has 0 saturated heterocycles. The first-order chi connectivity index (χ1) is 8.70. The molecule has 2 aromatic heterocycles. The Labute approximate surface area is 112 Å². The second-order valence-corrected chi connectivity index (χ2v) is 5.31. The van der Waals surface area contributed by atoms with Gasteiger partial charge >= 0.3 is 0 Å². The van der Waals surface area contributed by atoms with E-state index in [-0.39, 0.29) is 0 Å². The fourth-order valence-corrected chi connectivity index (χ4v) is 2.56. The molecule has 2 heterocycles. The van der Waals surface area contributed by atoms with Crippen LogP contribution in [0.3, 0.4) is 0 Å². The lowest BCUT2D eigenvalue weighted by Crippen LogP contribution is -2.15. The molecule has 0 bridgehead atoms. The first-order valence-electron chi connectivity index (χ1n) is 5.93. The van der Waals surface area contributed by atoms with Gasteiger partial charge in [-0.3, -0.25) is 4.98 Å². The summed E-state index contributed by atoms with van der Waals surface area (Å²) in [5.41, 5.74) is 1.24. The number of pyridine rings is 1. The van der Waals surface area contributed by atoms with Gasteiger partial charge in [-0.2, -0.15) is 0 Å². The van der Waals surface area contributed by atoms with Crippen LogP contribution in [0.2, 0.25) is 0 Å². The standard InChI is InChI=1S/C13H18N4S/c1-10(14-2)12-8-16-13(18-12)17(3)9-11-4-6-15-7-5-11/h4-8,10,14H,9H2,1-3H3. The second kappa shape index (κ2) is 5.93. The van der Waals surface area contributed by atoms with Crippen molar-refractivity contribution in [2.75, 3.05) is 19.0 Å². The van der Waals surface area contributed by atoms with Crippen molar-refractivity contribution in [2.24, 2.45) is 0 Å². The summed E-state index contributed by atoms with van der Waals surface area (Å²) in [4.78, 5) is 11.9. The highest BCUT2D eigenvalue weighted by Crippen LogP contribution is 2.26. The Hall–Kier alpha value is -1.46. The van der Waals surface area contributed by atoms with E-state index >= 15 is 0 Å². The highest BCUT2D eigenvalue weighted by Gasteiger charge is 2.11. The van der Waals surface area contributed by atoms with Gasteiger partial charge in [-0.1, -0.05) is 0 Å². The third kappa shape index (κ3) is 3.05. The molecule has 1 N–H and O–H groups in total. The van der Waals surface area contributed by atoms with Gasteiger partial charge in [0, 0.05) is 43.1 Å². The Morgan fingerprint density at radius 2 is 2.11 bits per heavy atom. The van der Waals surface area contributed by atoms with Crippen LogP contribution in [-0.2, 0) is 6.54 Å². The summed E-state index contributed by atoms with van der Waals surface area (Å²) < 4.78 is 0. The van der Waals surface area contributed by atoms with Gasteiger partial charge in [0.25, 0.3) is 0 Å². The van der Waals surface area contributed by atoms with Crippen LogP contribution in [0.5, 0.6) is 0 Å². The summed E-state index contributed by atoms with van der Waals surface area (Å²) in [6, 6.07) is 4.41. The van der Waals surface area contributed by atoms with E-state index in [2.05, 4.69) is 34.2 Å². The van der Waals surface area contributed by atoms with Crippen LogP contribution in [-0.4, -0.2) is 24.1 Å². The van der Waals surface area contributed by atoms with Crippen LogP contribution in [0, 0.1) is 0 Å². The van der Waals surface area contributed by atoms with E-state index in [1.54, 1.807) is 11.3 Å². The predicted molar refractivity (Wildman–Crippen MR) is 75.9 cm³/mol. The zero-order valence-electron chi connectivity index (χ0n) is 10.9. The number of rotatable bonds is 5. The first kappa shape index (κ1) is 13.0. The van der Waals surface area contributed by atoms with Crippen molar-refractivity contribution >= 4 is 16.5 Å². The lowest BCUT2D eigenvalue weighted by Gasteiger charge is -2.15. The van der Waals surface area contributed by atoms with Crippen molar-refractivity contribution in [3.8, 4) is 0 Å². The van der Waals surface area contributed by atoms with Crippen LogP contribution >= 0.6 is 11.3 Å². The van der Waals surface area contributed by atoms with Crippen molar-refractivity contribution in [3.63, 3.8) is 0 Å². The molecular formula is C13H18N4S. The second-order valence-electron chi connectivity index (χ2n) is 4.27. The summed E-state index contributed by atoms with van der Waals surface area (Å²) in [5, 5.41) is 4.27. The van der Waals surface area contributed by atoms with Crippen molar-refractivity contribution in [1.82, 2.24) is 15.3 Å². The molecule has 0 spiro atoms. The maximum atomic E-state index is 4.47. The molecule has 0 aliphatic rings. The molecular weight excluding hydrogens is 244 g/mol. The minimum atomic E-state index is 0.352. The average Bonchev–Trinajstić information content (AvgIpc) is 2.88. The van der Waals surface area contributed by atoms with Crippen molar-refractivity contribution < 1.29 is 0 Å². The minimum Gasteiger partial charge on any atom is -0.347 e. The summed E-state index contributed by atoms with van der Waals surface area (Å²) in [6.45, 7) is 2.99. The third-order valence-corrected chi connectivity index (χ3v) is 4.16. The summed E-state index contributed by atoms with van der Waals surface area (Å²) >= 11 is 1.73. The van der Waals surface area contributed by atoms with Gasteiger partial charge in [0.05, 0.1) is 0 Å². The van der Waals surface area contributed by atoms with Crippen LogP contribution < -0.4 is 10.2 Å². The Bertz CT molecular complexity index is 483. The zero-order chi connectivity index (χ0) is 13.0. The number of nitrogens with one attached hydrogen (secondary N) is 1. The van der Waals surface area contributed by atoms with Gasteiger partial charge in [0.2, 0.25) is 0 Å². The minimum absolute atomic E-state index is 0.352. The van der Waals surface area contributed by atoms with Crippen LogP contribution in [0.25, 0.3) is 0 Å². The largest absolute Gasteiger partial charge is 0.347 e. The number of anilines is 1. The van der Waals surface area contributed by atoms with Crippen LogP contribution in [0.1, 0.15) is 23.4 Å². The molecule has 18 heavy (non-hydrogen) atoms. The zero-order valence-corrected chi connectivity index (χ0v) is 11.7. The van der Waals surface area contributed by atoms with E-state index in [1.165, 1.54) is 10.4 Å². The van der Waals surface area contributed by atoms with E-state index in [1.807, 2.05) is 37.8 Å². The van der Waals surface area contributed by atoms with Crippen LogP contribution in [0.15, 0.2) is 30.7 Å². The maximum Gasteiger partial charge on any atom is 0.185 e. The van der Waals surface area contributed by atoms with Gasteiger partial charge in [-0.05, 0) is 31.7 Å². The van der Waals surface area contributed by atoms with E-state index in [0.29, 0.717) is 6.04 Å². The van der Waals surface area contributed by atoms with Crippen LogP contribution in [0.4, 0.5) is 5.13 Å². The number of hydrogen-bond acceptors (Lipinski definition) is 5. The number of aromatic nitrogens is 2. The molecule has 0 amide bonds. The fraction of sp³-hybridized carbons (Fsp3) is 0.385. The molecule has 0 aliphatic heterocycles.